The third kappa shape index (κ3) is 3.35. The number of nitrogens with zero attached hydrogens (tertiary/aromatic N) is 2. The van der Waals surface area contributed by atoms with Crippen LogP contribution in [0.5, 0.6) is 0 Å². The highest BCUT2D eigenvalue weighted by Crippen LogP contribution is 2.34. The molecule has 2 aromatic carbocycles. The van der Waals surface area contributed by atoms with E-state index >= 15 is 0 Å². The summed E-state index contributed by atoms with van der Waals surface area (Å²) < 4.78 is 40.1. The molecule has 0 amide bonds. The van der Waals surface area contributed by atoms with Crippen molar-refractivity contribution >= 4 is 10.9 Å². The van der Waals surface area contributed by atoms with Gasteiger partial charge in [0.25, 0.3) is 0 Å². The molecule has 1 aromatic heterocycles. The first kappa shape index (κ1) is 17.0. The maximum Gasteiger partial charge on any atom is 0.416 e. The predicted octanol–water partition coefficient (Wildman–Crippen LogP) is 4.61. The monoisotopic (exact) mass is 348 g/mol. The Balaban J connectivity index is 2.10. The molecular weight excluding hydrogens is 333 g/mol. The predicted molar refractivity (Wildman–Crippen MR) is 88.1 cm³/mol. The molecule has 3 rings (SSSR count). The fourth-order valence-corrected chi connectivity index (χ4v) is 3.09. The Labute approximate surface area is 141 Å². The molecule has 0 radical (unpaired) electrons. The van der Waals surface area contributed by atoms with Crippen molar-refractivity contribution in [3.63, 3.8) is 0 Å². The minimum atomic E-state index is -4.43. The lowest BCUT2D eigenvalue weighted by Crippen LogP contribution is -2.14. The van der Waals surface area contributed by atoms with Gasteiger partial charge in [0, 0.05) is 29.1 Å². The van der Waals surface area contributed by atoms with Crippen molar-refractivity contribution in [3.05, 3.63) is 81.5 Å². The van der Waals surface area contributed by atoms with E-state index in [0.717, 1.165) is 28.6 Å². The van der Waals surface area contributed by atoms with Gasteiger partial charge in [0.2, 0.25) is 6.54 Å². The summed E-state index contributed by atoms with van der Waals surface area (Å²) >= 11 is 0. The summed E-state index contributed by atoms with van der Waals surface area (Å²) in [5, 5.41) is 12.0. The second-order valence-corrected chi connectivity index (χ2v) is 5.90. The molecule has 0 spiro atoms. The Hall–Kier alpha value is -2.83. The third-order valence-corrected chi connectivity index (χ3v) is 4.28. The molecule has 0 aliphatic carbocycles. The fourth-order valence-electron chi connectivity index (χ4n) is 3.09. The van der Waals surface area contributed by atoms with Gasteiger partial charge in [-0.3, -0.25) is 10.1 Å². The molecule has 4 nitrogen and oxygen atoms in total. The van der Waals surface area contributed by atoms with Crippen LogP contribution in [0.2, 0.25) is 0 Å². The van der Waals surface area contributed by atoms with Crippen molar-refractivity contribution in [2.75, 3.05) is 6.54 Å². The van der Waals surface area contributed by atoms with Crippen LogP contribution in [0.3, 0.4) is 0 Å². The van der Waals surface area contributed by atoms with Crippen LogP contribution in [0, 0.1) is 10.1 Å². The number of fused-ring (bicyclic) bond motifs is 1. The zero-order valence-electron chi connectivity index (χ0n) is 13.3. The van der Waals surface area contributed by atoms with Crippen LogP contribution in [-0.2, 0) is 13.2 Å². The lowest BCUT2D eigenvalue weighted by atomic mass is 9.90. The van der Waals surface area contributed by atoms with Gasteiger partial charge in [-0.25, -0.2) is 0 Å². The first-order valence-corrected chi connectivity index (χ1v) is 7.60. The molecule has 25 heavy (non-hydrogen) atoms. The molecule has 7 heteroatoms. The maximum atomic E-state index is 12.8. The smallest absolute Gasteiger partial charge is 0.350 e. The van der Waals surface area contributed by atoms with Gasteiger partial charge in [0.1, 0.15) is 0 Å². The highest BCUT2D eigenvalue weighted by Gasteiger charge is 2.31. The highest BCUT2D eigenvalue weighted by atomic mass is 19.4. The number of aromatic nitrogens is 1. The van der Waals surface area contributed by atoms with E-state index in [2.05, 4.69) is 0 Å². The SMILES string of the molecule is Cn1cc([C@H](C[N+](=O)[O-])c2ccc(C(F)(F)F)cc2)c2ccccc21. The van der Waals surface area contributed by atoms with Gasteiger partial charge in [-0.15, -0.1) is 0 Å². The summed E-state index contributed by atoms with van der Waals surface area (Å²) in [6.07, 6.45) is -2.63. The van der Waals surface area contributed by atoms with Crippen molar-refractivity contribution in [1.82, 2.24) is 4.57 Å². The number of benzene rings is 2. The van der Waals surface area contributed by atoms with E-state index in [-0.39, 0.29) is 6.54 Å². The van der Waals surface area contributed by atoms with E-state index < -0.39 is 22.6 Å². The summed E-state index contributed by atoms with van der Waals surface area (Å²) in [6, 6.07) is 12.0. The molecule has 0 saturated heterocycles. The van der Waals surface area contributed by atoms with E-state index in [9.17, 15) is 23.3 Å². The molecule has 3 aromatic rings. The van der Waals surface area contributed by atoms with Crippen molar-refractivity contribution in [2.24, 2.45) is 7.05 Å². The fraction of sp³-hybridized carbons (Fsp3) is 0.222. The standard InChI is InChI=1S/C18H15F3N2O2/c1-22-10-16(14-4-2-3-5-17(14)22)15(11-23(24)25)12-6-8-13(9-7-12)18(19,20)21/h2-10,15H,11H2,1H3/t15-/m1/s1. The molecule has 0 aliphatic heterocycles. The second-order valence-electron chi connectivity index (χ2n) is 5.90. The normalized spacial score (nSPS) is 13.1. The lowest BCUT2D eigenvalue weighted by Gasteiger charge is -2.14. The Morgan fingerprint density at radius 2 is 1.76 bits per heavy atom. The van der Waals surface area contributed by atoms with Crippen molar-refractivity contribution in [3.8, 4) is 0 Å². The van der Waals surface area contributed by atoms with Crippen LogP contribution < -0.4 is 0 Å². The molecular formula is C18H15F3N2O2. The largest absolute Gasteiger partial charge is 0.416 e. The van der Waals surface area contributed by atoms with Gasteiger partial charge in [0.15, 0.2) is 0 Å². The summed E-state index contributed by atoms with van der Waals surface area (Å²) in [5.41, 5.74) is 1.36. The minimum absolute atomic E-state index is 0.390. The number of hydrogen-bond acceptors (Lipinski definition) is 2. The van der Waals surface area contributed by atoms with Gasteiger partial charge < -0.3 is 4.57 Å². The van der Waals surface area contributed by atoms with Crippen LogP contribution in [0.4, 0.5) is 13.2 Å². The maximum absolute atomic E-state index is 12.8. The average Bonchev–Trinajstić information content (AvgIpc) is 2.89. The molecule has 0 fully saturated rings. The van der Waals surface area contributed by atoms with Crippen LogP contribution in [0.1, 0.15) is 22.6 Å². The van der Waals surface area contributed by atoms with Gasteiger partial charge in [-0.1, -0.05) is 30.3 Å². The van der Waals surface area contributed by atoms with Gasteiger partial charge in [-0.2, -0.15) is 13.2 Å². The molecule has 1 heterocycles. The summed E-state index contributed by atoms with van der Waals surface area (Å²) in [7, 11) is 1.84. The Bertz CT molecular complexity index is 914. The molecule has 0 N–H and O–H groups in total. The third-order valence-electron chi connectivity index (χ3n) is 4.28. The number of hydrogen-bond donors (Lipinski definition) is 0. The van der Waals surface area contributed by atoms with Crippen LogP contribution >= 0.6 is 0 Å². The van der Waals surface area contributed by atoms with Gasteiger partial charge in [-0.05, 0) is 29.3 Å². The number of aryl methyl sites for hydroxylation is 1. The summed E-state index contributed by atoms with van der Waals surface area (Å²) in [4.78, 5) is 10.7. The number of rotatable bonds is 4. The molecule has 0 unspecified atom stereocenters. The van der Waals surface area contributed by atoms with E-state index in [4.69, 9.17) is 0 Å². The number of alkyl halides is 3. The van der Waals surface area contributed by atoms with E-state index in [1.54, 1.807) is 6.20 Å². The van der Waals surface area contributed by atoms with Gasteiger partial charge >= 0.3 is 6.18 Å². The van der Waals surface area contributed by atoms with Crippen LogP contribution in [0.15, 0.2) is 54.7 Å². The van der Waals surface area contributed by atoms with Crippen molar-refractivity contribution < 1.29 is 18.1 Å². The zero-order chi connectivity index (χ0) is 18.2. The Morgan fingerprint density at radius 3 is 2.36 bits per heavy atom. The molecule has 1 atom stereocenters. The van der Waals surface area contributed by atoms with E-state index in [1.807, 2.05) is 35.9 Å². The van der Waals surface area contributed by atoms with Crippen molar-refractivity contribution in [1.29, 1.82) is 0 Å². The quantitative estimate of drug-likeness (QED) is 0.511. The van der Waals surface area contributed by atoms with E-state index in [1.165, 1.54) is 12.1 Å². The molecule has 0 bridgehead atoms. The van der Waals surface area contributed by atoms with E-state index in [0.29, 0.717) is 5.56 Å². The second kappa shape index (κ2) is 6.23. The average molecular weight is 348 g/mol. The number of halogens is 3. The van der Waals surface area contributed by atoms with Crippen LogP contribution in [0.25, 0.3) is 10.9 Å². The summed E-state index contributed by atoms with van der Waals surface area (Å²) in [6.45, 7) is -0.390. The topological polar surface area (TPSA) is 48.1 Å². The Kier molecular flexibility index (Phi) is 4.24. The highest BCUT2D eigenvalue weighted by molar-refractivity contribution is 5.85. The molecule has 130 valence electrons. The van der Waals surface area contributed by atoms with Gasteiger partial charge in [0.05, 0.1) is 11.5 Å². The first-order chi connectivity index (χ1) is 11.8. The van der Waals surface area contributed by atoms with Crippen LogP contribution in [-0.4, -0.2) is 16.0 Å². The molecule has 0 saturated carbocycles. The Morgan fingerprint density at radius 1 is 1.12 bits per heavy atom. The van der Waals surface area contributed by atoms with Crippen molar-refractivity contribution in [2.45, 2.75) is 12.1 Å². The number of nitro groups is 1. The lowest BCUT2D eigenvalue weighted by molar-refractivity contribution is -0.481. The molecule has 0 aliphatic rings. The zero-order valence-corrected chi connectivity index (χ0v) is 13.3. The first-order valence-electron chi connectivity index (χ1n) is 7.60. The number of para-hydroxylation sites is 1. The summed E-state index contributed by atoms with van der Waals surface area (Å²) in [5.74, 6) is -0.622. The minimum Gasteiger partial charge on any atom is -0.350 e.